The third kappa shape index (κ3) is 4.61. The fraction of sp³-hybridized carbons (Fsp3) is 0.263. The minimum atomic E-state index is -0.160. The van der Waals surface area contributed by atoms with Crippen molar-refractivity contribution in [3.63, 3.8) is 0 Å². The molecule has 0 unspecified atom stereocenters. The van der Waals surface area contributed by atoms with E-state index in [2.05, 4.69) is 10.6 Å². The van der Waals surface area contributed by atoms with Crippen LogP contribution in [-0.4, -0.2) is 24.7 Å². The third-order valence-electron chi connectivity index (χ3n) is 3.89. The fourth-order valence-electron chi connectivity index (χ4n) is 2.57. The van der Waals surface area contributed by atoms with Crippen molar-refractivity contribution in [3.8, 4) is 0 Å². The summed E-state index contributed by atoms with van der Waals surface area (Å²) < 4.78 is 5.08. The first kappa shape index (κ1) is 17.5. The highest BCUT2D eigenvalue weighted by molar-refractivity contribution is 7.99. The summed E-state index contributed by atoms with van der Waals surface area (Å²) in [4.78, 5) is 25.1. The molecule has 3 rings (SSSR count). The van der Waals surface area contributed by atoms with Gasteiger partial charge in [-0.05, 0) is 29.3 Å². The molecule has 0 fully saturated rings. The molecule has 0 saturated heterocycles. The molecular formula is C19H20N2O3S. The van der Waals surface area contributed by atoms with Crippen molar-refractivity contribution < 1.29 is 14.3 Å². The summed E-state index contributed by atoms with van der Waals surface area (Å²) in [6.45, 7) is 1.02. The van der Waals surface area contributed by atoms with Gasteiger partial charge in [0, 0.05) is 36.3 Å². The predicted molar refractivity (Wildman–Crippen MR) is 98.7 cm³/mol. The lowest BCUT2D eigenvalue weighted by Gasteiger charge is -2.10. The maximum absolute atomic E-state index is 12.4. The molecule has 25 heavy (non-hydrogen) atoms. The van der Waals surface area contributed by atoms with E-state index < -0.39 is 0 Å². The Morgan fingerprint density at radius 1 is 1.20 bits per heavy atom. The number of ether oxygens (including phenoxy) is 1. The fourth-order valence-corrected chi connectivity index (χ4v) is 3.50. The minimum absolute atomic E-state index is 0.0139. The van der Waals surface area contributed by atoms with Crippen LogP contribution in [0.4, 0.5) is 5.69 Å². The zero-order chi connectivity index (χ0) is 17.6. The number of methoxy groups -OCH3 is 1. The monoisotopic (exact) mass is 356 g/mol. The number of anilines is 1. The normalized spacial score (nSPS) is 13.6. The molecule has 6 heteroatoms. The lowest BCUT2D eigenvalue weighted by atomic mass is 10.1. The van der Waals surface area contributed by atoms with Gasteiger partial charge in [-0.25, -0.2) is 0 Å². The van der Waals surface area contributed by atoms with E-state index in [0.717, 1.165) is 21.8 Å². The van der Waals surface area contributed by atoms with Crippen molar-refractivity contribution in [3.05, 3.63) is 59.2 Å². The van der Waals surface area contributed by atoms with E-state index in [9.17, 15) is 9.59 Å². The number of nitrogens with one attached hydrogen (secondary N) is 2. The Hall–Kier alpha value is -2.31. The average Bonchev–Trinajstić information content (AvgIpc) is 2.81. The van der Waals surface area contributed by atoms with Crippen molar-refractivity contribution >= 4 is 29.3 Å². The summed E-state index contributed by atoms with van der Waals surface area (Å²) in [5, 5.41) is 5.77. The van der Waals surface area contributed by atoms with Crippen molar-refractivity contribution in [1.29, 1.82) is 0 Å². The van der Waals surface area contributed by atoms with Gasteiger partial charge in [-0.2, -0.15) is 0 Å². The lowest BCUT2D eigenvalue weighted by molar-refractivity contribution is -0.115. The first-order valence-electron chi connectivity index (χ1n) is 8.07. The molecule has 130 valence electrons. The van der Waals surface area contributed by atoms with Crippen molar-refractivity contribution in [1.82, 2.24) is 5.32 Å². The Balaban J connectivity index is 1.64. The highest BCUT2D eigenvalue weighted by Crippen LogP contribution is 2.31. The van der Waals surface area contributed by atoms with E-state index in [4.69, 9.17) is 4.74 Å². The van der Waals surface area contributed by atoms with Gasteiger partial charge in [0.15, 0.2) is 0 Å². The molecule has 2 aromatic carbocycles. The number of rotatable bonds is 5. The van der Waals surface area contributed by atoms with Crippen LogP contribution >= 0.6 is 11.8 Å². The molecule has 0 radical (unpaired) electrons. The van der Waals surface area contributed by atoms with Gasteiger partial charge in [-0.3, -0.25) is 9.59 Å². The highest BCUT2D eigenvalue weighted by atomic mass is 32.2. The molecule has 2 aromatic rings. The molecule has 5 nitrogen and oxygen atoms in total. The Morgan fingerprint density at radius 3 is 2.72 bits per heavy atom. The van der Waals surface area contributed by atoms with Crippen LogP contribution in [0.5, 0.6) is 0 Å². The zero-order valence-electron chi connectivity index (χ0n) is 14.0. The van der Waals surface area contributed by atoms with Crippen LogP contribution in [0.3, 0.4) is 0 Å². The number of carbonyl (C=O) groups is 2. The maximum Gasteiger partial charge on any atom is 0.251 e. The first-order valence-corrected chi connectivity index (χ1v) is 9.06. The predicted octanol–water partition coefficient (Wildman–Crippen LogP) is 3.20. The van der Waals surface area contributed by atoms with Crippen LogP contribution in [0, 0.1) is 0 Å². The Bertz CT molecular complexity index is 775. The van der Waals surface area contributed by atoms with Gasteiger partial charge in [0.1, 0.15) is 0 Å². The highest BCUT2D eigenvalue weighted by Gasteiger charge is 2.15. The van der Waals surface area contributed by atoms with Gasteiger partial charge in [-0.1, -0.05) is 24.3 Å². The second-order valence-corrected chi connectivity index (χ2v) is 6.93. The van der Waals surface area contributed by atoms with Gasteiger partial charge in [0.05, 0.1) is 12.3 Å². The number of thioether (sulfide) groups is 1. The number of hydrogen-bond donors (Lipinski definition) is 2. The van der Waals surface area contributed by atoms with Crippen molar-refractivity contribution in [2.24, 2.45) is 0 Å². The number of fused-ring (bicyclic) bond motifs is 1. The minimum Gasteiger partial charge on any atom is -0.380 e. The Morgan fingerprint density at radius 2 is 1.96 bits per heavy atom. The summed E-state index contributed by atoms with van der Waals surface area (Å²) in [6.07, 6.45) is 0.486. The standard InChI is InChI=1S/C19H20N2O3S/c1-24-12-14-4-2-13(3-5-14)11-20-19(23)15-6-7-17-16(10-15)21-18(22)8-9-25-17/h2-7,10H,8-9,11-12H2,1H3,(H,20,23)(H,21,22). The van der Waals surface area contributed by atoms with E-state index in [-0.39, 0.29) is 11.8 Å². The van der Waals surface area contributed by atoms with Gasteiger partial charge in [-0.15, -0.1) is 11.8 Å². The second kappa shape index (κ2) is 8.18. The SMILES string of the molecule is COCc1ccc(CNC(=O)c2ccc3c(c2)NC(=O)CCS3)cc1. The average molecular weight is 356 g/mol. The number of hydrogen-bond acceptors (Lipinski definition) is 4. The molecule has 2 N–H and O–H groups in total. The van der Waals surface area contributed by atoms with E-state index >= 15 is 0 Å². The number of carbonyl (C=O) groups excluding carboxylic acids is 2. The topological polar surface area (TPSA) is 67.4 Å². The molecule has 0 atom stereocenters. The molecule has 1 heterocycles. The summed E-state index contributed by atoms with van der Waals surface area (Å²) in [5.41, 5.74) is 3.37. The number of amides is 2. The summed E-state index contributed by atoms with van der Waals surface area (Å²) in [5.74, 6) is 0.580. The smallest absolute Gasteiger partial charge is 0.251 e. The van der Waals surface area contributed by atoms with Crippen LogP contribution in [-0.2, 0) is 22.7 Å². The molecule has 0 bridgehead atoms. The van der Waals surface area contributed by atoms with Gasteiger partial charge in [0.2, 0.25) is 5.91 Å². The largest absolute Gasteiger partial charge is 0.380 e. The quantitative estimate of drug-likeness (QED) is 0.863. The summed E-state index contributed by atoms with van der Waals surface area (Å²) >= 11 is 1.62. The van der Waals surface area contributed by atoms with Crippen LogP contribution in [0.2, 0.25) is 0 Å². The molecule has 0 saturated carbocycles. The zero-order valence-corrected chi connectivity index (χ0v) is 14.8. The molecule has 0 spiro atoms. The maximum atomic E-state index is 12.4. The first-order chi connectivity index (χ1) is 12.2. The van der Waals surface area contributed by atoms with Crippen LogP contribution < -0.4 is 10.6 Å². The van der Waals surface area contributed by atoms with Crippen molar-refractivity contribution in [2.75, 3.05) is 18.2 Å². The Labute approximate surface area is 151 Å². The van der Waals surface area contributed by atoms with Crippen LogP contribution in [0.1, 0.15) is 27.9 Å². The number of benzene rings is 2. The third-order valence-corrected chi connectivity index (χ3v) is 4.96. The van der Waals surface area contributed by atoms with E-state index in [1.807, 2.05) is 30.3 Å². The van der Waals surface area contributed by atoms with Gasteiger partial charge < -0.3 is 15.4 Å². The molecule has 0 aliphatic carbocycles. The molecule has 1 aliphatic rings. The molecule has 0 aromatic heterocycles. The molecular weight excluding hydrogens is 336 g/mol. The van der Waals surface area contributed by atoms with Crippen LogP contribution in [0.15, 0.2) is 47.4 Å². The second-order valence-electron chi connectivity index (χ2n) is 5.79. The Kier molecular flexibility index (Phi) is 5.73. The van der Waals surface area contributed by atoms with Crippen molar-refractivity contribution in [2.45, 2.75) is 24.5 Å². The van der Waals surface area contributed by atoms with Gasteiger partial charge in [0.25, 0.3) is 5.91 Å². The van der Waals surface area contributed by atoms with Gasteiger partial charge >= 0.3 is 0 Å². The van der Waals surface area contributed by atoms with E-state index in [0.29, 0.717) is 30.8 Å². The van der Waals surface area contributed by atoms with Crippen LogP contribution in [0.25, 0.3) is 0 Å². The summed E-state index contributed by atoms with van der Waals surface area (Å²) in [6, 6.07) is 13.3. The van der Waals surface area contributed by atoms with E-state index in [1.54, 1.807) is 31.0 Å². The molecule has 1 aliphatic heterocycles. The molecule has 2 amide bonds. The lowest BCUT2D eigenvalue weighted by Crippen LogP contribution is -2.23. The van der Waals surface area contributed by atoms with E-state index in [1.165, 1.54) is 0 Å². The summed E-state index contributed by atoms with van der Waals surface area (Å²) in [7, 11) is 1.66.